The summed E-state index contributed by atoms with van der Waals surface area (Å²) < 4.78 is 7.03. The van der Waals surface area contributed by atoms with E-state index >= 15 is 0 Å². The maximum Gasteiger partial charge on any atom is 0.167 e. The van der Waals surface area contributed by atoms with Crippen LogP contribution in [0.1, 0.15) is 12.1 Å². The van der Waals surface area contributed by atoms with Crippen LogP contribution in [0.4, 0.5) is 5.82 Å². The molecule has 2 aromatic rings. The summed E-state index contributed by atoms with van der Waals surface area (Å²) in [6.07, 6.45) is -2.56. The van der Waals surface area contributed by atoms with E-state index in [0.717, 1.165) is 0 Å². The molecule has 2 aromatic heterocycles. The Morgan fingerprint density at radius 1 is 1.33 bits per heavy atom. The largest absolute Gasteiger partial charge is 0.394 e. The number of aromatic nitrogens is 4. The first-order chi connectivity index (χ1) is 10.1. The zero-order chi connectivity index (χ0) is 15.1. The van der Waals surface area contributed by atoms with Crippen molar-refractivity contribution >= 4 is 17.0 Å². The van der Waals surface area contributed by atoms with Crippen LogP contribution in [0.25, 0.3) is 11.2 Å². The molecule has 1 aliphatic rings. The lowest BCUT2D eigenvalue weighted by atomic mass is 10.1. The first-order valence-electron chi connectivity index (χ1n) is 6.58. The molecule has 4 atom stereocenters. The summed E-state index contributed by atoms with van der Waals surface area (Å²) in [5, 5.41) is 32.0. The molecule has 9 nitrogen and oxygen atoms in total. The lowest BCUT2D eigenvalue weighted by Crippen LogP contribution is -2.33. The van der Waals surface area contributed by atoms with Crippen molar-refractivity contribution in [3.05, 3.63) is 12.2 Å². The second-order valence-electron chi connectivity index (χ2n) is 4.92. The Morgan fingerprint density at radius 2 is 2.10 bits per heavy atom. The van der Waals surface area contributed by atoms with E-state index in [4.69, 9.17) is 9.84 Å². The Hall–Kier alpha value is -1.81. The molecule has 3 rings (SSSR count). The third-order valence-electron chi connectivity index (χ3n) is 3.56. The molecular formula is C12H17N5O4. The van der Waals surface area contributed by atoms with Gasteiger partial charge < -0.3 is 25.4 Å². The van der Waals surface area contributed by atoms with Crippen molar-refractivity contribution in [3.8, 4) is 0 Å². The third-order valence-corrected chi connectivity index (χ3v) is 3.56. The summed E-state index contributed by atoms with van der Waals surface area (Å²) in [5.74, 6) is 1.11. The van der Waals surface area contributed by atoms with Gasteiger partial charge in [0.15, 0.2) is 23.2 Å². The summed E-state index contributed by atoms with van der Waals surface area (Å²) in [6, 6.07) is 0. The predicted octanol–water partition coefficient (Wildman–Crippen LogP) is -1.21. The summed E-state index contributed by atoms with van der Waals surface area (Å²) >= 11 is 0. The first-order valence-corrected chi connectivity index (χ1v) is 6.58. The van der Waals surface area contributed by atoms with Crippen molar-refractivity contribution < 1.29 is 20.1 Å². The smallest absolute Gasteiger partial charge is 0.167 e. The van der Waals surface area contributed by atoms with Gasteiger partial charge in [0.1, 0.15) is 24.1 Å². The molecule has 0 aromatic carbocycles. The van der Waals surface area contributed by atoms with Gasteiger partial charge in [0.25, 0.3) is 0 Å². The number of nitrogens with zero attached hydrogens (tertiary/aromatic N) is 4. The lowest BCUT2D eigenvalue weighted by Gasteiger charge is -2.16. The fourth-order valence-corrected chi connectivity index (χ4v) is 2.50. The highest BCUT2D eigenvalue weighted by atomic mass is 16.6. The highest BCUT2D eigenvalue weighted by Gasteiger charge is 2.44. The number of rotatable bonds is 3. The van der Waals surface area contributed by atoms with Crippen LogP contribution < -0.4 is 5.32 Å². The number of aryl methyl sites for hydroxylation is 1. The van der Waals surface area contributed by atoms with Crippen LogP contribution in [0.5, 0.6) is 0 Å². The summed E-state index contributed by atoms with van der Waals surface area (Å²) in [7, 11) is 1.73. The predicted molar refractivity (Wildman–Crippen MR) is 72.6 cm³/mol. The van der Waals surface area contributed by atoms with Crippen molar-refractivity contribution in [2.45, 2.75) is 31.5 Å². The Balaban J connectivity index is 2.07. The second-order valence-corrected chi connectivity index (χ2v) is 4.92. The van der Waals surface area contributed by atoms with Crippen LogP contribution in [0, 0.1) is 6.92 Å². The minimum absolute atomic E-state index is 0.378. The van der Waals surface area contributed by atoms with Crippen LogP contribution in [0.2, 0.25) is 0 Å². The molecule has 0 spiro atoms. The molecule has 0 radical (unpaired) electrons. The lowest BCUT2D eigenvalue weighted by molar-refractivity contribution is -0.0511. The van der Waals surface area contributed by atoms with Crippen molar-refractivity contribution in [1.29, 1.82) is 0 Å². The zero-order valence-corrected chi connectivity index (χ0v) is 11.6. The maximum atomic E-state index is 10.1. The van der Waals surface area contributed by atoms with Gasteiger partial charge in [-0.05, 0) is 6.92 Å². The molecule has 9 heteroatoms. The number of aliphatic hydroxyl groups is 3. The number of ether oxygens (including phenoxy) is 1. The third kappa shape index (κ3) is 2.14. The van der Waals surface area contributed by atoms with Gasteiger partial charge in [-0.25, -0.2) is 15.0 Å². The van der Waals surface area contributed by atoms with Crippen LogP contribution in [0.15, 0.2) is 6.33 Å². The van der Waals surface area contributed by atoms with Crippen molar-refractivity contribution in [2.75, 3.05) is 19.0 Å². The minimum Gasteiger partial charge on any atom is -0.394 e. The highest BCUT2D eigenvalue weighted by molar-refractivity contribution is 5.82. The first kappa shape index (κ1) is 14.1. The maximum absolute atomic E-state index is 10.1. The van der Waals surface area contributed by atoms with E-state index in [1.54, 1.807) is 14.0 Å². The van der Waals surface area contributed by atoms with Gasteiger partial charge >= 0.3 is 0 Å². The van der Waals surface area contributed by atoms with E-state index in [1.165, 1.54) is 10.9 Å². The number of nitrogens with one attached hydrogen (secondary N) is 1. The molecule has 1 aliphatic heterocycles. The van der Waals surface area contributed by atoms with Gasteiger partial charge in [-0.2, -0.15) is 0 Å². The topological polar surface area (TPSA) is 126 Å². The molecule has 21 heavy (non-hydrogen) atoms. The summed E-state index contributed by atoms with van der Waals surface area (Å²) in [5.41, 5.74) is 1.03. The van der Waals surface area contributed by atoms with Gasteiger partial charge in [-0.1, -0.05) is 0 Å². The van der Waals surface area contributed by atoms with Crippen LogP contribution in [-0.4, -0.2) is 66.8 Å². The molecular weight excluding hydrogens is 278 g/mol. The standard InChI is InChI=1S/C12H17N5O4/c1-5-15-10(13-2)7-11(16-5)17(4-14-7)12-9(20)8(19)6(3-18)21-12/h4,6,8-9,12,18-20H,3H2,1-2H3,(H,13,15,16)/t6-,8-,9-,12?/m1/s1. The van der Waals surface area contributed by atoms with Gasteiger partial charge in [-0.15, -0.1) is 0 Å². The fourth-order valence-electron chi connectivity index (χ4n) is 2.50. The molecule has 114 valence electrons. The number of imidazole rings is 1. The van der Waals surface area contributed by atoms with E-state index < -0.39 is 24.5 Å². The molecule has 1 unspecified atom stereocenters. The Morgan fingerprint density at radius 3 is 2.71 bits per heavy atom. The average Bonchev–Trinajstić information content (AvgIpc) is 3.01. The van der Waals surface area contributed by atoms with E-state index in [-0.39, 0.29) is 6.61 Å². The summed E-state index contributed by atoms with van der Waals surface area (Å²) in [4.78, 5) is 12.8. The van der Waals surface area contributed by atoms with Crippen molar-refractivity contribution in [2.24, 2.45) is 0 Å². The minimum atomic E-state index is -1.17. The van der Waals surface area contributed by atoms with E-state index in [0.29, 0.717) is 22.8 Å². The Labute approximate surface area is 120 Å². The molecule has 0 aliphatic carbocycles. The molecule has 0 amide bonds. The zero-order valence-electron chi connectivity index (χ0n) is 11.6. The average molecular weight is 295 g/mol. The van der Waals surface area contributed by atoms with Crippen LogP contribution >= 0.6 is 0 Å². The van der Waals surface area contributed by atoms with E-state index in [1.807, 2.05) is 0 Å². The fraction of sp³-hybridized carbons (Fsp3) is 0.583. The molecule has 1 saturated heterocycles. The van der Waals surface area contributed by atoms with Crippen molar-refractivity contribution in [1.82, 2.24) is 19.5 Å². The molecule has 3 heterocycles. The highest BCUT2D eigenvalue weighted by Crippen LogP contribution is 2.32. The quantitative estimate of drug-likeness (QED) is 0.555. The van der Waals surface area contributed by atoms with Gasteiger partial charge in [0, 0.05) is 7.05 Å². The molecule has 0 saturated carbocycles. The second kappa shape index (κ2) is 5.19. The Kier molecular flexibility index (Phi) is 3.49. The monoisotopic (exact) mass is 295 g/mol. The SMILES string of the molecule is CNc1nc(C)nc2c1ncn2C1O[C@H](CO)[C@@H](O)[C@H]1O. The number of anilines is 1. The van der Waals surface area contributed by atoms with Crippen molar-refractivity contribution in [3.63, 3.8) is 0 Å². The number of hydrogen-bond donors (Lipinski definition) is 4. The Bertz CT molecular complexity index is 660. The number of hydrogen-bond acceptors (Lipinski definition) is 8. The number of fused-ring (bicyclic) bond motifs is 1. The van der Waals surface area contributed by atoms with Gasteiger partial charge in [0.05, 0.1) is 12.9 Å². The molecule has 0 bridgehead atoms. The van der Waals surface area contributed by atoms with Gasteiger partial charge in [-0.3, -0.25) is 4.57 Å². The normalized spacial score (nSPS) is 29.2. The summed E-state index contributed by atoms with van der Waals surface area (Å²) in [6.45, 7) is 1.37. The van der Waals surface area contributed by atoms with Gasteiger partial charge in [0.2, 0.25) is 0 Å². The molecule has 4 N–H and O–H groups in total. The van der Waals surface area contributed by atoms with E-state index in [9.17, 15) is 10.2 Å². The molecule has 1 fully saturated rings. The number of aliphatic hydroxyl groups excluding tert-OH is 3. The van der Waals surface area contributed by atoms with E-state index in [2.05, 4.69) is 20.3 Å². The van der Waals surface area contributed by atoms with Crippen LogP contribution in [-0.2, 0) is 4.74 Å². The van der Waals surface area contributed by atoms with Crippen LogP contribution in [0.3, 0.4) is 0 Å².